The molecule has 0 saturated heterocycles. The molecule has 0 aromatic heterocycles. The number of ether oxygens (including phenoxy) is 2. The van der Waals surface area contributed by atoms with Gasteiger partial charge in [-0.3, -0.25) is 0 Å². The largest absolute Gasteiger partial charge is 0.508 e. The molecule has 0 radical (unpaired) electrons. The van der Waals surface area contributed by atoms with E-state index in [-0.39, 0.29) is 46.0 Å². The number of fused-ring (bicyclic) bond motifs is 2. The molecule has 3 rings (SSSR count). The lowest BCUT2D eigenvalue weighted by Crippen LogP contribution is -1.99. The Labute approximate surface area is 101 Å². The molecule has 1 heterocycles. The minimum atomic E-state index is -0.307. The monoisotopic (exact) mass is 248 g/mol. The average Bonchev–Trinajstić information content (AvgIpc) is 2.27. The van der Waals surface area contributed by atoms with Gasteiger partial charge in [-0.15, -0.1) is 0 Å². The lowest BCUT2D eigenvalue weighted by atomic mass is 10.2. The minimum Gasteiger partial charge on any atom is -0.508 e. The maximum atomic E-state index is 9.61. The van der Waals surface area contributed by atoms with Gasteiger partial charge in [-0.25, -0.2) is 0 Å². The van der Waals surface area contributed by atoms with E-state index in [1.807, 2.05) is 0 Å². The molecule has 0 bridgehead atoms. The third-order valence-corrected chi connectivity index (χ3v) is 2.46. The number of hydrogen-bond acceptors (Lipinski definition) is 6. The number of benzene rings is 2. The average molecular weight is 248 g/mol. The van der Waals surface area contributed by atoms with E-state index < -0.39 is 0 Å². The van der Waals surface area contributed by atoms with Crippen LogP contribution in [0.1, 0.15) is 0 Å². The zero-order valence-corrected chi connectivity index (χ0v) is 8.91. The molecule has 2 aromatic carbocycles. The lowest BCUT2D eigenvalue weighted by Gasteiger charge is -2.22. The summed E-state index contributed by atoms with van der Waals surface area (Å²) in [6.45, 7) is 0. The Morgan fingerprint density at radius 2 is 1.00 bits per heavy atom. The topological polar surface area (TPSA) is 99.4 Å². The van der Waals surface area contributed by atoms with Crippen LogP contribution in [0.3, 0.4) is 0 Å². The summed E-state index contributed by atoms with van der Waals surface area (Å²) in [5, 5.41) is 37.9. The lowest BCUT2D eigenvalue weighted by molar-refractivity contribution is 0.315. The number of hydrogen-bond donors (Lipinski definition) is 4. The van der Waals surface area contributed by atoms with Gasteiger partial charge in [-0.2, -0.15) is 0 Å². The van der Waals surface area contributed by atoms with Crippen molar-refractivity contribution in [2.75, 3.05) is 0 Å². The Bertz CT molecular complexity index is 592. The van der Waals surface area contributed by atoms with E-state index in [0.29, 0.717) is 0 Å². The molecular formula is C12H8O6. The van der Waals surface area contributed by atoms with Crippen LogP contribution in [-0.4, -0.2) is 20.4 Å². The summed E-state index contributed by atoms with van der Waals surface area (Å²) in [5.41, 5.74) is 0. The molecule has 0 amide bonds. The zero-order chi connectivity index (χ0) is 12.9. The van der Waals surface area contributed by atoms with Crippen LogP contribution in [0.25, 0.3) is 0 Å². The van der Waals surface area contributed by atoms with Crippen LogP contribution in [0.2, 0.25) is 0 Å². The quantitative estimate of drug-likeness (QED) is 0.487. The summed E-state index contributed by atoms with van der Waals surface area (Å²) in [6.07, 6.45) is 0. The molecule has 0 saturated carbocycles. The van der Waals surface area contributed by atoms with Crippen LogP contribution < -0.4 is 9.47 Å². The number of aromatic hydroxyl groups is 4. The highest BCUT2D eigenvalue weighted by Gasteiger charge is 2.26. The Morgan fingerprint density at radius 3 is 1.39 bits per heavy atom. The summed E-state index contributed by atoms with van der Waals surface area (Å²) in [7, 11) is 0. The predicted octanol–water partition coefficient (Wildman–Crippen LogP) is 2.41. The van der Waals surface area contributed by atoms with Crippen molar-refractivity contribution >= 4 is 0 Å². The highest BCUT2D eigenvalue weighted by atomic mass is 16.6. The van der Waals surface area contributed by atoms with Crippen LogP contribution >= 0.6 is 0 Å². The van der Waals surface area contributed by atoms with Crippen LogP contribution in [0.5, 0.6) is 46.0 Å². The van der Waals surface area contributed by atoms with E-state index in [2.05, 4.69) is 0 Å². The van der Waals surface area contributed by atoms with Crippen molar-refractivity contribution in [2.24, 2.45) is 0 Å². The van der Waals surface area contributed by atoms with E-state index in [0.717, 1.165) is 12.1 Å². The minimum absolute atomic E-state index is 0.00491. The van der Waals surface area contributed by atoms with Gasteiger partial charge in [0.2, 0.25) is 11.5 Å². The van der Waals surface area contributed by atoms with E-state index in [1.54, 1.807) is 0 Å². The molecule has 0 spiro atoms. The first-order chi connectivity index (χ1) is 8.54. The number of phenols is 4. The fourth-order valence-corrected chi connectivity index (χ4v) is 1.72. The van der Waals surface area contributed by atoms with Gasteiger partial charge in [-0.05, 0) is 0 Å². The van der Waals surface area contributed by atoms with Crippen LogP contribution in [-0.2, 0) is 0 Å². The molecule has 92 valence electrons. The molecule has 0 unspecified atom stereocenters. The van der Waals surface area contributed by atoms with E-state index >= 15 is 0 Å². The zero-order valence-electron chi connectivity index (χ0n) is 8.91. The maximum absolute atomic E-state index is 9.61. The molecule has 4 N–H and O–H groups in total. The molecule has 1 aliphatic heterocycles. The third kappa shape index (κ3) is 1.43. The molecular weight excluding hydrogens is 240 g/mol. The fraction of sp³-hybridized carbons (Fsp3) is 0. The SMILES string of the molecule is Oc1cc(O)c2c(c1)Oc1c(O)cc(O)cc1O2. The second kappa shape index (κ2) is 3.36. The van der Waals surface area contributed by atoms with Crippen molar-refractivity contribution in [3.63, 3.8) is 0 Å². The number of phenolic OH excluding ortho intramolecular Hbond substituents is 4. The van der Waals surface area contributed by atoms with E-state index in [1.165, 1.54) is 12.1 Å². The van der Waals surface area contributed by atoms with Gasteiger partial charge in [0, 0.05) is 24.3 Å². The van der Waals surface area contributed by atoms with Crippen LogP contribution in [0.4, 0.5) is 0 Å². The standard InChI is InChI=1S/C12H8O6/c13-5-1-7(15)11-9(3-5)18-12-8(16)2-6(14)4-10(12)17-11/h1-4,13-16H. The summed E-state index contributed by atoms with van der Waals surface area (Å²) in [4.78, 5) is 0. The Morgan fingerprint density at radius 1 is 0.611 bits per heavy atom. The van der Waals surface area contributed by atoms with Crippen molar-refractivity contribution < 1.29 is 29.9 Å². The van der Waals surface area contributed by atoms with Crippen molar-refractivity contribution in [1.82, 2.24) is 0 Å². The van der Waals surface area contributed by atoms with E-state index in [9.17, 15) is 20.4 Å². The normalized spacial score (nSPS) is 12.0. The summed E-state index contributed by atoms with van der Waals surface area (Å²) in [6, 6.07) is 4.67. The molecule has 1 aliphatic rings. The van der Waals surface area contributed by atoms with Crippen LogP contribution in [0, 0.1) is 0 Å². The van der Waals surface area contributed by atoms with Gasteiger partial charge < -0.3 is 29.9 Å². The molecule has 0 fully saturated rings. The Hall–Kier alpha value is -2.76. The van der Waals surface area contributed by atoms with Crippen molar-refractivity contribution in [1.29, 1.82) is 0 Å². The van der Waals surface area contributed by atoms with Gasteiger partial charge in [0.05, 0.1) is 0 Å². The highest BCUT2D eigenvalue weighted by molar-refractivity contribution is 5.65. The first-order valence-corrected chi connectivity index (χ1v) is 5.02. The fourth-order valence-electron chi connectivity index (χ4n) is 1.72. The second-order valence-corrected chi connectivity index (χ2v) is 3.79. The highest BCUT2D eigenvalue weighted by Crippen LogP contribution is 2.54. The smallest absolute Gasteiger partial charge is 0.211 e. The first kappa shape index (κ1) is 10.4. The van der Waals surface area contributed by atoms with Crippen molar-refractivity contribution in [3.8, 4) is 46.0 Å². The second-order valence-electron chi connectivity index (χ2n) is 3.79. The van der Waals surface area contributed by atoms with Gasteiger partial charge in [0.1, 0.15) is 11.5 Å². The molecule has 6 heteroatoms. The first-order valence-electron chi connectivity index (χ1n) is 5.02. The molecule has 2 aromatic rings. The molecule has 0 atom stereocenters. The van der Waals surface area contributed by atoms with Gasteiger partial charge in [0.15, 0.2) is 23.0 Å². The Balaban J connectivity index is 2.18. The van der Waals surface area contributed by atoms with Crippen molar-refractivity contribution in [2.45, 2.75) is 0 Å². The van der Waals surface area contributed by atoms with Gasteiger partial charge in [0.25, 0.3) is 0 Å². The molecule has 6 nitrogen and oxygen atoms in total. The van der Waals surface area contributed by atoms with Gasteiger partial charge in [-0.1, -0.05) is 0 Å². The van der Waals surface area contributed by atoms with Crippen molar-refractivity contribution in [3.05, 3.63) is 24.3 Å². The van der Waals surface area contributed by atoms with E-state index in [4.69, 9.17) is 9.47 Å². The molecule has 0 aliphatic carbocycles. The third-order valence-electron chi connectivity index (χ3n) is 2.46. The maximum Gasteiger partial charge on any atom is 0.211 e. The van der Waals surface area contributed by atoms with Gasteiger partial charge >= 0.3 is 0 Å². The Kier molecular flexibility index (Phi) is 1.94. The summed E-state index contributed by atoms with van der Waals surface area (Å²) < 4.78 is 10.6. The molecule has 18 heavy (non-hydrogen) atoms. The number of rotatable bonds is 0. The summed E-state index contributed by atoms with van der Waals surface area (Å²) >= 11 is 0. The predicted molar refractivity (Wildman–Crippen MR) is 59.7 cm³/mol. The van der Waals surface area contributed by atoms with Crippen LogP contribution in [0.15, 0.2) is 24.3 Å². The summed E-state index contributed by atoms with van der Waals surface area (Å²) in [5.74, 6) is -0.859.